The van der Waals surface area contributed by atoms with Crippen molar-refractivity contribution in [2.24, 2.45) is 5.92 Å². The summed E-state index contributed by atoms with van der Waals surface area (Å²) in [5, 5.41) is 5.65. The lowest BCUT2D eigenvalue weighted by Crippen LogP contribution is -2.52. The van der Waals surface area contributed by atoms with Crippen molar-refractivity contribution in [1.82, 2.24) is 10.2 Å². The molecule has 0 saturated carbocycles. The van der Waals surface area contributed by atoms with E-state index in [1.165, 1.54) is 4.90 Å². The van der Waals surface area contributed by atoms with Crippen LogP contribution >= 0.6 is 0 Å². The summed E-state index contributed by atoms with van der Waals surface area (Å²) >= 11 is 0. The van der Waals surface area contributed by atoms with Crippen LogP contribution in [0.25, 0.3) is 0 Å². The lowest BCUT2D eigenvalue weighted by atomic mass is 10.0. The first-order chi connectivity index (χ1) is 15.8. The first kappa shape index (κ1) is 24.1. The van der Waals surface area contributed by atoms with E-state index in [1.807, 2.05) is 32.9 Å². The summed E-state index contributed by atoms with van der Waals surface area (Å²) in [5.41, 5.74) is 1.91. The van der Waals surface area contributed by atoms with Crippen LogP contribution in [0.1, 0.15) is 36.7 Å². The van der Waals surface area contributed by atoms with Gasteiger partial charge in [-0.05, 0) is 43.5 Å². The second-order valence-corrected chi connectivity index (χ2v) is 8.27. The van der Waals surface area contributed by atoms with E-state index in [4.69, 9.17) is 9.47 Å². The molecule has 3 amide bonds. The van der Waals surface area contributed by atoms with Crippen LogP contribution in [-0.4, -0.2) is 55.0 Å². The molecule has 0 radical (unpaired) electrons. The minimum atomic E-state index is -0.751. The van der Waals surface area contributed by atoms with E-state index in [2.05, 4.69) is 10.6 Å². The van der Waals surface area contributed by atoms with Crippen molar-refractivity contribution in [3.8, 4) is 11.5 Å². The molecule has 0 saturated heterocycles. The Balaban J connectivity index is 1.65. The van der Waals surface area contributed by atoms with Gasteiger partial charge in [0, 0.05) is 23.9 Å². The smallest absolute Gasteiger partial charge is 0.252 e. The Labute approximate surface area is 194 Å². The Hall–Kier alpha value is -3.55. The SMILES string of the molecule is CCN(CC(=O)Nc1ccc2c(c1)OCCO2)C(=O)C(NC(=O)c1ccccc1C)C(C)C. The van der Waals surface area contributed by atoms with E-state index in [1.54, 1.807) is 37.3 Å². The number of anilines is 1. The lowest BCUT2D eigenvalue weighted by molar-refractivity contribution is -0.137. The molecule has 3 rings (SSSR count). The molecule has 0 fully saturated rings. The second-order valence-electron chi connectivity index (χ2n) is 8.27. The van der Waals surface area contributed by atoms with Gasteiger partial charge in [-0.1, -0.05) is 32.0 Å². The van der Waals surface area contributed by atoms with E-state index >= 15 is 0 Å². The van der Waals surface area contributed by atoms with E-state index in [-0.39, 0.29) is 30.2 Å². The summed E-state index contributed by atoms with van der Waals surface area (Å²) in [6, 6.07) is 11.6. The topological polar surface area (TPSA) is 97.0 Å². The zero-order valence-corrected chi connectivity index (χ0v) is 19.5. The molecule has 1 aliphatic rings. The number of likely N-dealkylation sites (N-methyl/N-ethyl adjacent to an activating group) is 1. The summed E-state index contributed by atoms with van der Waals surface area (Å²) in [5.74, 6) is 0.105. The normalized spacial score (nSPS) is 13.2. The number of nitrogens with one attached hydrogen (secondary N) is 2. The number of carbonyl (C=O) groups is 3. The Morgan fingerprint density at radius 2 is 1.73 bits per heavy atom. The average Bonchev–Trinajstić information content (AvgIpc) is 2.80. The monoisotopic (exact) mass is 453 g/mol. The zero-order valence-electron chi connectivity index (χ0n) is 19.5. The maximum Gasteiger partial charge on any atom is 0.252 e. The number of hydrogen-bond donors (Lipinski definition) is 2. The number of hydrogen-bond acceptors (Lipinski definition) is 5. The highest BCUT2D eigenvalue weighted by Gasteiger charge is 2.29. The summed E-state index contributed by atoms with van der Waals surface area (Å²) in [7, 11) is 0. The molecule has 8 heteroatoms. The van der Waals surface area contributed by atoms with Crippen molar-refractivity contribution in [1.29, 1.82) is 0 Å². The molecule has 2 N–H and O–H groups in total. The molecule has 1 unspecified atom stereocenters. The fourth-order valence-electron chi connectivity index (χ4n) is 3.60. The molecule has 1 atom stereocenters. The van der Waals surface area contributed by atoms with Crippen molar-refractivity contribution in [2.45, 2.75) is 33.7 Å². The van der Waals surface area contributed by atoms with E-state index < -0.39 is 6.04 Å². The molecule has 8 nitrogen and oxygen atoms in total. The van der Waals surface area contributed by atoms with Crippen LogP contribution in [0, 0.1) is 12.8 Å². The number of nitrogens with zero attached hydrogens (tertiary/aromatic N) is 1. The lowest BCUT2D eigenvalue weighted by Gasteiger charge is -2.29. The van der Waals surface area contributed by atoms with Crippen molar-refractivity contribution in [3.63, 3.8) is 0 Å². The molecule has 0 bridgehead atoms. The molecule has 176 valence electrons. The van der Waals surface area contributed by atoms with Crippen LogP contribution in [0.4, 0.5) is 5.69 Å². The standard InChI is InChI=1S/C25H31N3O5/c1-5-28(15-22(29)26-18-10-11-20-21(14-18)33-13-12-32-20)25(31)23(16(2)3)27-24(30)19-9-7-6-8-17(19)4/h6-11,14,16,23H,5,12-13,15H2,1-4H3,(H,26,29)(H,27,30). The Kier molecular flexibility index (Phi) is 7.92. The highest BCUT2D eigenvalue weighted by Crippen LogP contribution is 2.32. The minimum Gasteiger partial charge on any atom is -0.486 e. The predicted molar refractivity (Wildman–Crippen MR) is 126 cm³/mol. The largest absolute Gasteiger partial charge is 0.486 e. The third-order valence-electron chi connectivity index (χ3n) is 5.46. The predicted octanol–water partition coefficient (Wildman–Crippen LogP) is 3.01. The van der Waals surface area contributed by atoms with Crippen LogP contribution in [0.15, 0.2) is 42.5 Å². The van der Waals surface area contributed by atoms with E-state index in [0.29, 0.717) is 42.5 Å². The highest BCUT2D eigenvalue weighted by molar-refractivity contribution is 6.00. The van der Waals surface area contributed by atoms with Crippen LogP contribution < -0.4 is 20.1 Å². The Morgan fingerprint density at radius 1 is 1.03 bits per heavy atom. The van der Waals surface area contributed by atoms with Gasteiger partial charge in [0.2, 0.25) is 11.8 Å². The van der Waals surface area contributed by atoms with Crippen LogP contribution in [-0.2, 0) is 9.59 Å². The first-order valence-electron chi connectivity index (χ1n) is 11.1. The van der Waals surface area contributed by atoms with Gasteiger partial charge >= 0.3 is 0 Å². The van der Waals surface area contributed by atoms with Gasteiger partial charge in [-0.15, -0.1) is 0 Å². The van der Waals surface area contributed by atoms with Crippen LogP contribution in [0.2, 0.25) is 0 Å². The van der Waals surface area contributed by atoms with E-state index in [0.717, 1.165) is 5.56 Å². The van der Waals surface area contributed by atoms with Crippen LogP contribution in [0.5, 0.6) is 11.5 Å². The number of amides is 3. The van der Waals surface area contributed by atoms with Gasteiger partial charge in [-0.25, -0.2) is 0 Å². The molecule has 0 aromatic heterocycles. The number of fused-ring (bicyclic) bond motifs is 1. The fourth-order valence-corrected chi connectivity index (χ4v) is 3.60. The van der Waals surface area contributed by atoms with E-state index in [9.17, 15) is 14.4 Å². The summed E-state index contributed by atoms with van der Waals surface area (Å²) in [4.78, 5) is 40.1. The summed E-state index contributed by atoms with van der Waals surface area (Å²) in [6.07, 6.45) is 0. The van der Waals surface area contributed by atoms with Gasteiger partial charge in [-0.2, -0.15) is 0 Å². The van der Waals surface area contributed by atoms with Gasteiger partial charge in [0.25, 0.3) is 5.91 Å². The molecule has 1 heterocycles. The molecular formula is C25H31N3O5. The zero-order chi connectivity index (χ0) is 24.0. The number of ether oxygens (including phenoxy) is 2. The molecule has 2 aromatic carbocycles. The van der Waals surface area contributed by atoms with Crippen molar-refractivity contribution in [3.05, 3.63) is 53.6 Å². The second kappa shape index (κ2) is 10.8. The van der Waals surface area contributed by atoms with Crippen molar-refractivity contribution < 1.29 is 23.9 Å². The number of benzene rings is 2. The maximum absolute atomic E-state index is 13.2. The molecule has 2 aromatic rings. The van der Waals surface area contributed by atoms with Gasteiger partial charge in [-0.3, -0.25) is 14.4 Å². The average molecular weight is 454 g/mol. The molecule has 0 aliphatic carbocycles. The molecule has 0 spiro atoms. The van der Waals surface area contributed by atoms with Gasteiger partial charge in [0.1, 0.15) is 19.3 Å². The summed E-state index contributed by atoms with van der Waals surface area (Å²) in [6.45, 7) is 8.52. The minimum absolute atomic E-state index is 0.132. The molecule has 1 aliphatic heterocycles. The Bertz CT molecular complexity index is 1020. The van der Waals surface area contributed by atoms with Gasteiger partial charge in [0.05, 0.1) is 6.54 Å². The maximum atomic E-state index is 13.2. The van der Waals surface area contributed by atoms with Crippen LogP contribution in [0.3, 0.4) is 0 Å². The van der Waals surface area contributed by atoms with Crippen molar-refractivity contribution in [2.75, 3.05) is 31.6 Å². The van der Waals surface area contributed by atoms with Crippen molar-refractivity contribution >= 4 is 23.4 Å². The number of carbonyl (C=O) groups excluding carboxylic acids is 3. The molecule has 33 heavy (non-hydrogen) atoms. The van der Waals surface area contributed by atoms with Gasteiger partial charge in [0.15, 0.2) is 11.5 Å². The molecular weight excluding hydrogens is 422 g/mol. The first-order valence-corrected chi connectivity index (χ1v) is 11.1. The Morgan fingerprint density at radius 3 is 2.39 bits per heavy atom. The summed E-state index contributed by atoms with van der Waals surface area (Å²) < 4.78 is 11.0. The highest BCUT2D eigenvalue weighted by atomic mass is 16.6. The quantitative estimate of drug-likeness (QED) is 0.641. The number of aryl methyl sites for hydroxylation is 1. The van der Waals surface area contributed by atoms with Gasteiger partial charge < -0.3 is 25.0 Å². The fraction of sp³-hybridized carbons (Fsp3) is 0.400. The third kappa shape index (κ3) is 6.03. The third-order valence-corrected chi connectivity index (χ3v) is 5.46. The number of rotatable bonds is 8.